The van der Waals surface area contributed by atoms with Crippen molar-refractivity contribution in [3.8, 4) is 0 Å². The molecule has 0 saturated carbocycles. The topological polar surface area (TPSA) is 125 Å². The van der Waals surface area contributed by atoms with Crippen molar-refractivity contribution in [2.24, 2.45) is 0 Å². The molecule has 1 unspecified atom stereocenters. The number of imidazole rings is 1. The first-order chi connectivity index (χ1) is 15.3. The maximum Gasteiger partial charge on any atom is 0.296 e. The van der Waals surface area contributed by atoms with Gasteiger partial charge in [-0.2, -0.15) is 4.98 Å². The molecule has 160 valence electrons. The van der Waals surface area contributed by atoms with Gasteiger partial charge in [-0.25, -0.2) is 18.7 Å². The Bertz CT molecular complexity index is 1440. The Morgan fingerprint density at radius 1 is 1.22 bits per heavy atom. The van der Waals surface area contributed by atoms with E-state index in [0.29, 0.717) is 11.3 Å². The average Bonchev–Trinajstić information content (AvgIpc) is 3.48. The van der Waals surface area contributed by atoms with Gasteiger partial charge in [0.25, 0.3) is 5.91 Å². The number of carbonyl (C=O) groups excluding carboxylic acids is 2. The fourth-order valence-electron chi connectivity index (χ4n) is 3.59. The third kappa shape index (κ3) is 2.94. The van der Waals surface area contributed by atoms with E-state index in [1.54, 1.807) is 6.92 Å². The number of aromatic amines is 1. The molecule has 11 heteroatoms. The zero-order valence-corrected chi connectivity index (χ0v) is 16.3. The molecular weight excluding hydrogens is 424 g/mol. The van der Waals surface area contributed by atoms with Crippen molar-refractivity contribution in [2.75, 3.05) is 4.90 Å². The first kappa shape index (κ1) is 19.5. The van der Waals surface area contributed by atoms with Crippen molar-refractivity contribution in [1.29, 1.82) is 0 Å². The van der Waals surface area contributed by atoms with Crippen molar-refractivity contribution in [3.63, 3.8) is 0 Å². The minimum absolute atomic E-state index is 0.177. The van der Waals surface area contributed by atoms with Crippen LogP contribution in [0.1, 0.15) is 27.9 Å². The molecule has 0 spiro atoms. The normalized spacial score (nSPS) is 16.4. The van der Waals surface area contributed by atoms with Gasteiger partial charge in [0, 0.05) is 5.56 Å². The number of aliphatic hydroxyl groups excluding tert-OH is 1. The summed E-state index contributed by atoms with van der Waals surface area (Å²) in [4.78, 5) is 42.1. The number of amides is 1. The number of furan rings is 1. The molecule has 1 aliphatic heterocycles. The Morgan fingerprint density at radius 2 is 2.03 bits per heavy atom. The lowest BCUT2D eigenvalue weighted by atomic mass is 9.94. The predicted octanol–water partition coefficient (Wildman–Crippen LogP) is 3.32. The number of anilines is 1. The van der Waals surface area contributed by atoms with Gasteiger partial charge in [0.1, 0.15) is 29.0 Å². The number of aryl methyl sites for hydroxylation is 1. The molecule has 0 bridgehead atoms. The highest BCUT2D eigenvalue weighted by Gasteiger charge is 2.47. The molecule has 0 aliphatic carbocycles. The number of hydrogen-bond acceptors (Lipinski definition) is 7. The molecule has 3 aromatic heterocycles. The van der Waals surface area contributed by atoms with Crippen molar-refractivity contribution in [1.82, 2.24) is 19.9 Å². The standard InChI is InChI=1S/C21H13F2N5O4/c1-9-2-5-14(32-9)17(29)15-16(11-6-10(22)3-4-12(11)23)28(20(31)18(15)30)21-24-7-13-19(27-21)26-8-25-13/h2-8,16,30H,1H3,(H,24,25,26,27). The third-order valence-corrected chi connectivity index (χ3v) is 5.05. The molecule has 4 aromatic rings. The monoisotopic (exact) mass is 437 g/mol. The van der Waals surface area contributed by atoms with Crippen molar-refractivity contribution in [3.05, 3.63) is 82.9 Å². The Labute approximate surface area is 178 Å². The molecule has 0 saturated heterocycles. The van der Waals surface area contributed by atoms with Gasteiger partial charge in [0.05, 0.1) is 18.1 Å². The first-order valence-electron chi connectivity index (χ1n) is 9.34. The molecule has 5 rings (SSSR count). The number of halogens is 2. The molecule has 9 nitrogen and oxygen atoms in total. The van der Waals surface area contributed by atoms with Gasteiger partial charge < -0.3 is 14.5 Å². The highest BCUT2D eigenvalue weighted by Crippen LogP contribution is 2.42. The second kappa shape index (κ2) is 7.08. The highest BCUT2D eigenvalue weighted by atomic mass is 19.1. The summed E-state index contributed by atoms with van der Waals surface area (Å²) in [5, 5.41) is 10.6. The number of benzene rings is 1. The van der Waals surface area contributed by atoms with Crippen molar-refractivity contribution < 1.29 is 27.9 Å². The number of Topliss-reactive ketones (excluding diaryl/α,β-unsaturated/α-hetero) is 1. The van der Waals surface area contributed by atoms with Crippen LogP contribution in [0, 0.1) is 18.6 Å². The number of hydrogen-bond donors (Lipinski definition) is 2. The van der Waals surface area contributed by atoms with E-state index in [9.17, 15) is 23.5 Å². The van der Waals surface area contributed by atoms with E-state index in [4.69, 9.17) is 4.42 Å². The summed E-state index contributed by atoms with van der Waals surface area (Å²) in [6, 6.07) is 3.93. The van der Waals surface area contributed by atoms with Gasteiger partial charge in [-0.15, -0.1) is 0 Å². The number of aliphatic hydroxyl groups is 1. The SMILES string of the molecule is Cc1ccc(C(=O)C2=C(O)C(=O)N(c3ncc4[nH]cnc4n3)C2c2cc(F)ccc2F)o1. The van der Waals surface area contributed by atoms with E-state index < -0.39 is 40.7 Å². The predicted molar refractivity (Wildman–Crippen MR) is 106 cm³/mol. The maximum absolute atomic E-state index is 14.8. The summed E-state index contributed by atoms with van der Waals surface area (Å²) in [7, 11) is 0. The zero-order valence-electron chi connectivity index (χ0n) is 16.3. The van der Waals surface area contributed by atoms with Crippen LogP contribution >= 0.6 is 0 Å². The number of rotatable bonds is 4. The van der Waals surface area contributed by atoms with Gasteiger partial charge in [-0.05, 0) is 37.3 Å². The van der Waals surface area contributed by atoms with Gasteiger partial charge in [0.2, 0.25) is 11.7 Å². The highest BCUT2D eigenvalue weighted by molar-refractivity contribution is 6.19. The summed E-state index contributed by atoms with van der Waals surface area (Å²) in [6.45, 7) is 1.60. The molecule has 1 atom stereocenters. The van der Waals surface area contributed by atoms with E-state index in [1.807, 2.05) is 0 Å². The second-order valence-corrected chi connectivity index (χ2v) is 7.06. The van der Waals surface area contributed by atoms with Crippen molar-refractivity contribution in [2.45, 2.75) is 13.0 Å². The van der Waals surface area contributed by atoms with Crippen LogP contribution in [0.5, 0.6) is 0 Å². The van der Waals surface area contributed by atoms with Crippen LogP contribution in [0.4, 0.5) is 14.7 Å². The van der Waals surface area contributed by atoms with Crippen LogP contribution in [0.3, 0.4) is 0 Å². The van der Waals surface area contributed by atoms with Gasteiger partial charge in [-0.3, -0.25) is 14.5 Å². The lowest BCUT2D eigenvalue weighted by Gasteiger charge is -2.25. The fraction of sp³-hybridized carbons (Fsp3) is 0.0952. The van der Waals surface area contributed by atoms with Gasteiger partial charge in [-0.1, -0.05) is 0 Å². The zero-order chi connectivity index (χ0) is 22.6. The number of carbonyl (C=O) groups is 2. The van der Waals surface area contributed by atoms with Crippen LogP contribution in [0.2, 0.25) is 0 Å². The molecule has 0 fully saturated rings. The fourth-order valence-corrected chi connectivity index (χ4v) is 3.59. The lowest BCUT2D eigenvalue weighted by molar-refractivity contribution is -0.117. The molecular formula is C21H13F2N5O4. The Kier molecular flexibility index (Phi) is 4.33. The summed E-state index contributed by atoms with van der Waals surface area (Å²) < 4.78 is 34.2. The van der Waals surface area contributed by atoms with E-state index in [0.717, 1.165) is 23.1 Å². The Morgan fingerprint density at radius 3 is 2.78 bits per heavy atom. The van der Waals surface area contributed by atoms with Crippen LogP contribution < -0.4 is 4.90 Å². The smallest absolute Gasteiger partial charge is 0.296 e. The number of nitrogens with one attached hydrogen (secondary N) is 1. The molecule has 1 aromatic carbocycles. The van der Waals surface area contributed by atoms with Crippen LogP contribution in [-0.2, 0) is 4.79 Å². The quantitative estimate of drug-likeness (QED) is 0.469. The number of ketones is 1. The van der Waals surface area contributed by atoms with E-state index in [2.05, 4.69) is 19.9 Å². The molecule has 1 amide bonds. The van der Waals surface area contributed by atoms with Crippen LogP contribution in [0.15, 0.2) is 58.6 Å². The molecule has 4 heterocycles. The number of fused-ring (bicyclic) bond motifs is 1. The molecule has 2 N–H and O–H groups in total. The number of nitrogens with zero attached hydrogens (tertiary/aromatic N) is 4. The second-order valence-electron chi connectivity index (χ2n) is 7.06. The number of H-pyrrole nitrogens is 1. The summed E-state index contributed by atoms with van der Waals surface area (Å²) >= 11 is 0. The first-order valence-corrected chi connectivity index (χ1v) is 9.34. The van der Waals surface area contributed by atoms with Gasteiger partial charge >= 0.3 is 0 Å². The van der Waals surface area contributed by atoms with E-state index in [1.165, 1.54) is 24.7 Å². The van der Waals surface area contributed by atoms with Crippen LogP contribution in [-0.4, -0.2) is 36.7 Å². The number of aromatic nitrogens is 4. The average molecular weight is 437 g/mol. The molecule has 32 heavy (non-hydrogen) atoms. The molecule has 1 aliphatic rings. The van der Waals surface area contributed by atoms with Gasteiger partial charge in [0.15, 0.2) is 17.2 Å². The largest absolute Gasteiger partial charge is 0.503 e. The minimum atomic E-state index is -1.55. The van der Waals surface area contributed by atoms with E-state index in [-0.39, 0.29) is 22.9 Å². The van der Waals surface area contributed by atoms with E-state index >= 15 is 0 Å². The lowest BCUT2D eigenvalue weighted by Crippen LogP contribution is -2.33. The van der Waals surface area contributed by atoms with Crippen LogP contribution in [0.25, 0.3) is 11.2 Å². The minimum Gasteiger partial charge on any atom is -0.503 e. The summed E-state index contributed by atoms with van der Waals surface area (Å²) in [6.07, 6.45) is 2.70. The molecule has 0 radical (unpaired) electrons. The Hall–Kier alpha value is -4.41. The third-order valence-electron chi connectivity index (χ3n) is 5.05. The van der Waals surface area contributed by atoms with Crippen molar-refractivity contribution >= 4 is 28.8 Å². The Balaban J connectivity index is 1.72. The maximum atomic E-state index is 14.8. The summed E-state index contributed by atoms with van der Waals surface area (Å²) in [5.41, 5.74) is -0.185. The summed E-state index contributed by atoms with van der Waals surface area (Å²) in [5.74, 6) is -4.58.